The lowest BCUT2D eigenvalue weighted by molar-refractivity contribution is -0.147. The van der Waals surface area contributed by atoms with Gasteiger partial charge in [0.2, 0.25) is 11.0 Å². The third-order valence-electron chi connectivity index (χ3n) is 4.82. The molecule has 1 fully saturated rings. The third-order valence-corrected chi connectivity index (χ3v) is 5.98. The van der Waals surface area contributed by atoms with E-state index in [1.54, 1.807) is 37.3 Å². The van der Waals surface area contributed by atoms with Crippen molar-refractivity contribution in [2.24, 2.45) is 5.92 Å². The molecule has 0 bridgehead atoms. The van der Waals surface area contributed by atoms with Crippen molar-refractivity contribution < 1.29 is 24.3 Å². The minimum atomic E-state index is -1.24. The lowest BCUT2D eigenvalue weighted by Gasteiger charge is -2.22. The van der Waals surface area contributed by atoms with E-state index in [1.165, 1.54) is 4.90 Å². The number of carboxylic acids is 1. The van der Waals surface area contributed by atoms with E-state index in [1.807, 2.05) is 30.3 Å². The summed E-state index contributed by atoms with van der Waals surface area (Å²) in [6.07, 6.45) is 0. The van der Waals surface area contributed by atoms with Crippen LogP contribution in [0.15, 0.2) is 60.7 Å². The molecule has 156 valence electrons. The maximum atomic E-state index is 12.9. The highest BCUT2D eigenvalue weighted by Crippen LogP contribution is 2.24. The topological polar surface area (TPSA) is 95.0 Å². The molecule has 1 aliphatic heterocycles. The van der Waals surface area contributed by atoms with Gasteiger partial charge in [0.1, 0.15) is 0 Å². The molecule has 0 aromatic heterocycles. The monoisotopic (exact) mass is 426 g/mol. The second-order valence-electron chi connectivity index (χ2n) is 7.08. The summed E-state index contributed by atoms with van der Waals surface area (Å²) in [6, 6.07) is 16.0. The van der Waals surface area contributed by atoms with Crippen LogP contribution in [0, 0.1) is 5.92 Å². The molecule has 3 amide bonds. The van der Waals surface area contributed by atoms with Crippen molar-refractivity contribution in [3.8, 4) is 0 Å². The predicted molar refractivity (Wildman–Crippen MR) is 113 cm³/mol. The number of amides is 3. The Balaban J connectivity index is 1.66. The molecule has 1 saturated heterocycles. The number of thioether (sulfide) groups is 1. The zero-order valence-corrected chi connectivity index (χ0v) is 17.2. The first-order valence-corrected chi connectivity index (χ1v) is 10.5. The predicted octanol–water partition coefficient (Wildman–Crippen LogP) is 3.11. The molecule has 2 aromatic rings. The molecule has 0 spiro atoms. The number of carbonyl (C=O) groups is 4. The number of aliphatic carboxylic acids is 1. The number of nitrogens with zero attached hydrogens (tertiary/aromatic N) is 2. The lowest BCUT2D eigenvalue weighted by Crippen LogP contribution is -2.46. The van der Waals surface area contributed by atoms with Crippen molar-refractivity contribution in [3.05, 3.63) is 71.8 Å². The first kappa shape index (κ1) is 21.6. The van der Waals surface area contributed by atoms with Gasteiger partial charge in [0.15, 0.2) is 6.04 Å². The van der Waals surface area contributed by atoms with E-state index >= 15 is 0 Å². The molecule has 1 aliphatic rings. The number of imide groups is 1. The molecule has 2 atom stereocenters. The van der Waals surface area contributed by atoms with Crippen LogP contribution in [0.1, 0.15) is 22.8 Å². The fourth-order valence-corrected chi connectivity index (χ4v) is 4.04. The number of carboxylic acid groups (broad SMARTS) is 1. The first-order chi connectivity index (χ1) is 14.4. The highest BCUT2D eigenvalue weighted by Gasteiger charge is 2.46. The highest BCUT2D eigenvalue weighted by molar-refractivity contribution is 8.14. The minimum Gasteiger partial charge on any atom is -0.480 e. The van der Waals surface area contributed by atoms with Crippen molar-refractivity contribution in [3.63, 3.8) is 0 Å². The van der Waals surface area contributed by atoms with Gasteiger partial charge in [0.25, 0.3) is 0 Å². The van der Waals surface area contributed by atoms with Crippen LogP contribution in [-0.2, 0) is 16.1 Å². The Hall–Kier alpha value is -3.13. The van der Waals surface area contributed by atoms with Crippen LogP contribution in [0.2, 0.25) is 0 Å². The Morgan fingerprint density at radius 1 is 1.07 bits per heavy atom. The first-order valence-electron chi connectivity index (χ1n) is 9.49. The number of hydrogen-bond donors (Lipinski definition) is 1. The van der Waals surface area contributed by atoms with Crippen molar-refractivity contribution in [1.82, 2.24) is 9.80 Å². The average Bonchev–Trinajstić information content (AvgIpc) is 3.08. The summed E-state index contributed by atoms with van der Waals surface area (Å²) < 4.78 is 0. The maximum absolute atomic E-state index is 12.9. The van der Waals surface area contributed by atoms with Crippen LogP contribution < -0.4 is 0 Å². The largest absolute Gasteiger partial charge is 0.480 e. The molecule has 0 aliphatic carbocycles. The Labute approximate surface area is 178 Å². The van der Waals surface area contributed by atoms with Crippen molar-refractivity contribution >= 4 is 34.8 Å². The Kier molecular flexibility index (Phi) is 6.89. The Morgan fingerprint density at radius 2 is 1.67 bits per heavy atom. The molecule has 1 N–H and O–H groups in total. The van der Waals surface area contributed by atoms with Crippen LogP contribution in [0.25, 0.3) is 0 Å². The SMILES string of the molecule is C[C@@H](CSC(=O)c1ccccc1)C(=O)N1C(=O)N(Cc2ccccc2)C[C@H]1C(=O)O. The smallest absolute Gasteiger partial charge is 0.328 e. The van der Waals surface area contributed by atoms with Crippen molar-refractivity contribution in [1.29, 1.82) is 0 Å². The maximum Gasteiger partial charge on any atom is 0.328 e. The number of urea groups is 1. The second kappa shape index (κ2) is 9.58. The van der Waals surface area contributed by atoms with Gasteiger partial charge in [-0.15, -0.1) is 0 Å². The van der Waals surface area contributed by atoms with E-state index in [2.05, 4.69) is 0 Å². The Bertz CT molecular complexity index is 935. The lowest BCUT2D eigenvalue weighted by atomic mass is 10.1. The molecular weight excluding hydrogens is 404 g/mol. The summed E-state index contributed by atoms with van der Waals surface area (Å²) in [6.45, 7) is 1.75. The summed E-state index contributed by atoms with van der Waals surface area (Å²) in [4.78, 5) is 51.9. The van der Waals surface area contributed by atoms with Crippen LogP contribution in [0.3, 0.4) is 0 Å². The molecule has 8 heteroatoms. The van der Waals surface area contributed by atoms with Crippen LogP contribution in [0.5, 0.6) is 0 Å². The molecule has 3 rings (SSSR count). The fraction of sp³-hybridized carbons (Fsp3) is 0.273. The van der Waals surface area contributed by atoms with Gasteiger partial charge in [-0.1, -0.05) is 79.3 Å². The molecule has 0 radical (unpaired) electrons. The number of benzene rings is 2. The molecule has 0 unspecified atom stereocenters. The van der Waals surface area contributed by atoms with E-state index < -0.39 is 29.9 Å². The minimum absolute atomic E-state index is 0.0718. The molecule has 0 saturated carbocycles. The van der Waals surface area contributed by atoms with Gasteiger partial charge in [-0.05, 0) is 5.56 Å². The van der Waals surface area contributed by atoms with Gasteiger partial charge in [-0.3, -0.25) is 9.59 Å². The third kappa shape index (κ3) is 4.88. The number of carbonyl (C=O) groups excluding carboxylic acids is 3. The van der Waals surface area contributed by atoms with Gasteiger partial charge in [0.05, 0.1) is 6.54 Å². The normalized spacial score (nSPS) is 17.1. The van der Waals surface area contributed by atoms with E-state index in [9.17, 15) is 24.3 Å². The highest BCUT2D eigenvalue weighted by atomic mass is 32.2. The fourth-order valence-electron chi connectivity index (χ4n) is 3.19. The van der Waals surface area contributed by atoms with Crippen molar-refractivity contribution in [2.75, 3.05) is 12.3 Å². The van der Waals surface area contributed by atoms with Gasteiger partial charge < -0.3 is 10.0 Å². The molecular formula is C22H22N2O5S. The standard InChI is InChI=1S/C22H22N2O5S/c1-15(14-30-21(28)17-10-6-3-7-11-17)19(25)24-18(20(26)27)13-23(22(24)29)12-16-8-4-2-5-9-16/h2-11,15,18H,12-14H2,1H3,(H,26,27)/t15-,18-/m0/s1. The summed E-state index contributed by atoms with van der Waals surface area (Å²) in [7, 11) is 0. The van der Waals surface area contributed by atoms with Gasteiger partial charge >= 0.3 is 12.0 Å². The number of rotatable bonds is 7. The van der Waals surface area contributed by atoms with E-state index in [-0.39, 0.29) is 24.0 Å². The van der Waals surface area contributed by atoms with Crippen LogP contribution in [0.4, 0.5) is 4.79 Å². The van der Waals surface area contributed by atoms with Crippen molar-refractivity contribution in [2.45, 2.75) is 19.5 Å². The van der Waals surface area contributed by atoms with E-state index in [4.69, 9.17) is 0 Å². The van der Waals surface area contributed by atoms with Crippen LogP contribution >= 0.6 is 11.8 Å². The van der Waals surface area contributed by atoms with Gasteiger partial charge in [-0.25, -0.2) is 14.5 Å². The summed E-state index contributed by atoms with van der Waals surface area (Å²) >= 11 is 0.980. The van der Waals surface area contributed by atoms with Gasteiger partial charge in [0, 0.05) is 23.8 Å². The molecule has 1 heterocycles. The number of hydrogen-bond acceptors (Lipinski definition) is 5. The van der Waals surface area contributed by atoms with Crippen LogP contribution in [-0.4, -0.2) is 56.3 Å². The van der Waals surface area contributed by atoms with E-state index in [0.29, 0.717) is 5.56 Å². The second-order valence-corrected chi connectivity index (χ2v) is 8.07. The zero-order valence-electron chi connectivity index (χ0n) is 16.4. The quantitative estimate of drug-likeness (QED) is 0.731. The summed E-state index contributed by atoms with van der Waals surface area (Å²) in [5.74, 6) is -2.35. The molecule has 30 heavy (non-hydrogen) atoms. The summed E-state index contributed by atoms with van der Waals surface area (Å²) in [5.41, 5.74) is 1.37. The zero-order chi connectivity index (χ0) is 21.7. The Morgan fingerprint density at radius 3 is 2.27 bits per heavy atom. The van der Waals surface area contributed by atoms with Gasteiger partial charge in [-0.2, -0.15) is 0 Å². The van der Waals surface area contributed by atoms with E-state index in [0.717, 1.165) is 22.2 Å². The molecule has 2 aromatic carbocycles. The average molecular weight is 426 g/mol. The summed E-state index contributed by atoms with van der Waals surface area (Å²) in [5, 5.41) is 9.37. The molecule has 7 nitrogen and oxygen atoms in total.